The zero-order valence-corrected chi connectivity index (χ0v) is 11.4. The molecule has 1 fully saturated rings. The van der Waals surface area contributed by atoms with E-state index in [1.165, 1.54) is 19.3 Å². The molecular formula is C15H22N2O2. The van der Waals surface area contributed by atoms with Gasteiger partial charge in [0.15, 0.2) is 0 Å². The molecule has 3 N–H and O–H groups in total. The van der Waals surface area contributed by atoms with E-state index in [1.807, 2.05) is 6.92 Å². The molecule has 0 radical (unpaired) electrons. The maximum atomic E-state index is 12.0. The van der Waals surface area contributed by atoms with E-state index in [1.54, 1.807) is 18.2 Å². The maximum Gasteiger partial charge on any atom is 0.255 e. The number of rotatable bonds is 4. The lowest BCUT2D eigenvalue weighted by Gasteiger charge is -2.24. The Labute approximate surface area is 114 Å². The summed E-state index contributed by atoms with van der Waals surface area (Å²) in [6.45, 7) is 2.50. The van der Waals surface area contributed by atoms with Crippen LogP contribution < -0.4 is 15.8 Å². The van der Waals surface area contributed by atoms with Crippen molar-refractivity contribution in [3.8, 4) is 5.75 Å². The first kappa shape index (κ1) is 13.7. The highest BCUT2D eigenvalue weighted by atomic mass is 16.5. The van der Waals surface area contributed by atoms with Crippen LogP contribution in [0.5, 0.6) is 5.75 Å². The van der Waals surface area contributed by atoms with Gasteiger partial charge in [-0.3, -0.25) is 4.79 Å². The highest BCUT2D eigenvalue weighted by molar-refractivity contribution is 5.97. The quantitative estimate of drug-likeness (QED) is 0.820. The Bertz CT molecular complexity index is 440. The number of carbonyl (C=O) groups is 1. The van der Waals surface area contributed by atoms with E-state index >= 15 is 0 Å². The molecule has 1 saturated carbocycles. The molecule has 1 aromatic carbocycles. The number of ether oxygens (including phenoxy) is 1. The van der Waals surface area contributed by atoms with Gasteiger partial charge in [0.1, 0.15) is 5.75 Å². The summed E-state index contributed by atoms with van der Waals surface area (Å²) in [6.07, 6.45) is 6.00. The van der Waals surface area contributed by atoms with Crippen LogP contribution in [-0.4, -0.2) is 18.6 Å². The molecule has 19 heavy (non-hydrogen) atoms. The van der Waals surface area contributed by atoms with Crippen LogP contribution in [0.25, 0.3) is 0 Å². The lowest BCUT2D eigenvalue weighted by molar-refractivity contribution is 0.0944. The zero-order chi connectivity index (χ0) is 13.7. The average molecular weight is 262 g/mol. The van der Waals surface area contributed by atoms with Gasteiger partial charge in [-0.1, -0.05) is 6.42 Å². The Kier molecular flexibility index (Phi) is 4.66. The van der Waals surface area contributed by atoms with Gasteiger partial charge < -0.3 is 15.8 Å². The molecule has 2 rings (SSSR count). The van der Waals surface area contributed by atoms with Crippen LogP contribution in [0, 0.1) is 0 Å². The van der Waals surface area contributed by atoms with Crippen LogP contribution in [0.1, 0.15) is 49.4 Å². The number of anilines is 1. The predicted octanol–water partition coefficient (Wildman–Crippen LogP) is 2.73. The fourth-order valence-corrected chi connectivity index (χ4v) is 2.44. The first-order chi connectivity index (χ1) is 9.20. The molecule has 1 amide bonds. The van der Waals surface area contributed by atoms with Gasteiger partial charge >= 0.3 is 0 Å². The molecule has 4 nitrogen and oxygen atoms in total. The predicted molar refractivity (Wildman–Crippen MR) is 76.4 cm³/mol. The van der Waals surface area contributed by atoms with Crippen LogP contribution >= 0.6 is 0 Å². The van der Waals surface area contributed by atoms with Crippen molar-refractivity contribution < 1.29 is 9.53 Å². The van der Waals surface area contributed by atoms with Crippen molar-refractivity contribution in [2.75, 3.05) is 12.3 Å². The molecule has 0 spiro atoms. The van der Waals surface area contributed by atoms with Crippen molar-refractivity contribution in [2.24, 2.45) is 0 Å². The first-order valence-corrected chi connectivity index (χ1v) is 7.05. The van der Waals surface area contributed by atoms with E-state index in [9.17, 15) is 4.79 Å². The molecular weight excluding hydrogens is 240 g/mol. The third-order valence-corrected chi connectivity index (χ3v) is 3.43. The van der Waals surface area contributed by atoms with Gasteiger partial charge in [-0.25, -0.2) is 0 Å². The van der Waals surface area contributed by atoms with E-state index in [0.29, 0.717) is 23.5 Å². The SMILES string of the molecule is CCNC(=O)c1ccc(N)cc1OC1CCCCC1. The second kappa shape index (κ2) is 6.45. The maximum absolute atomic E-state index is 12.0. The van der Waals surface area contributed by atoms with E-state index in [2.05, 4.69) is 5.32 Å². The molecule has 0 atom stereocenters. The molecule has 0 heterocycles. The molecule has 4 heteroatoms. The van der Waals surface area contributed by atoms with Crippen LogP contribution in [0.2, 0.25) is 0 Å². The summed E-state index contributed by atoms with van der Waals surface area (Å²) in [6, 6.07) is 5.22. The minimum atomic E-state index is -0.103. The Morgan fingerprint density at radius 1 is 1.37 bits per heavy atom. The summed E-state index contributed by atoms with van der Waals surface area (Å²) < 4.78 is 5.99. The number of benzene rings is 1. The molecule has 104 valence electrons. The topological polar surface area (TPSA) is 64.4 Å². The van der Waals surface area contributed by atoms with Crippen LogP contribution in [0.15, 0.2) is 18.2 Å². The highest BCUT2D eigenvalue weighted by Gasteiger charge is 2.19. The number of carbonyl (C=O) groups excluding carboxylic acids is 1. The summed E-state index contributed by atoms with van der Waals surface area (Å²) in [4.78, 5) is 12.0. The molecule has 0 aliphatic heterocycles. The Hall–Kier alpha value is -1.71. The van der Waals surface area contributed by atoms with Gasteiger partial charge in [0.05, 0.1) is 11.7 Å². The van der Waals surface area contributed by atoms with E-state index < -0.39 is 0 Å². The first-order valence-electron chi connectivity index (χ1n) is 7.05. The normalized spacial score (nSPS) is 16.1. The van der Waals surface area contributed by atoms with Crippen LogP contribution in [-0.2, 0) is 0 Å². The second-order valence-corrected chi connectivity index (χ2v) is 4.99. The summed E-state index contributed by atoms with van der Waals surface area (Å²) >= 11 is 0. The fourth-order valence-electron chi connectivity index (χ4n) is 2.44. The third-order valence-electron chi connectivity index (χ3n) is 3.43. The number of nitrogens with two attached hydrogens (primary N) is 1. The van der Waals surface area contributed by atoms with Gasteiger partial charge in [-0.2, -0.15) is 0 Å². The molecule has 1 aliphatic rings. The molecule has 0 bridgehead atoms. The number of nitrogens with one attached hydrogen (secondary N) is 1. The number of hydrogen-bond acceptors (Lipinski definition) is 3. The Balaban J connectivity index is 2.16. The van der Waals surface area contributed by atoms with Gasteiger partial charge in [0.2, 0.25) is 0 Å². The van der Waals surface area contributed by atoms with E-state index in [-0.39, 0.29) is 12.0 Å². The monoisotopic (exact) mass is 262 g/mol. The third kappa shape index (κ3) is 3.63. The van der Waals surface area contributed by atoms with Gasteiger partial charge in [0.25, 0.3) is 5.91 Å². The molecule has 0 saturated heterocycles. The van der Waals surface area contributed by atoms with Crippen LogP contribution in [0.4, 0.5) is 5.69 Å². The smallest absolute Gasteiger partial charge is 0.255 e. The van der Waals surface area contributed by atoms with Gasteiger partial charge in [0, 0.05) is 18.3 Å². The Morgan fingerprint density at radius 3 is 2.79 bits per heavy atom. The lowest BCUT2D eigenvalue weighted by Crippen LogP contribution is -2.25. The van der Waals surface area contributed by atoms with Crippen molar-refractivity contribution >= 4 is 11.6 Å². The minimum Gasteiger partial charge on any atom is -0.490 e. The summed E-state index contributed by atoms with van der Waals surface area (Å²) in [5.74, 6) is 0.506. The largest absolute Gasteiger partial charge is 0.490 e. The molecule has 1 aromatic rings. The highest BCUT2D eigenvalue weighted by Crippen LogP contribution is 2.27. The molecule has 0 unspecified atom stereocenters. The van der Waals surface area contributed by atoms with E-state index in [0.717, 1.165) is 12.8 Å². The number of nitrogen functional groups attached to an aromatic ring is 1. The van der Waals surface area contributed by atoms with Crippen molar-refractivity contribution in [3.05, 3.63) is 23.8 Å². The zero-order valence-electron chi connectivity index (χ0n) is 11.4. The number of amides is 1. The molecule has 1 aliphatic carbocycles. The van der Waals surface area contributed by atoms with Crippen molar-refractivity contribution in [3.63, 3.8) is 0 Å². The van der Waals surface area contributed by atoms with Crippen LogP contribution in [0.3, 0.4) is 0 Å². The van der Waals surface area contributed by atoms with Crippen molar-refractivity contribution in [1.29, 1.82) is 0 Å². The summed E-state index contributed by atoms with van der Waals surface area (Å²) in [5.41, 5.74) is 6.99. The van der Waals surface area contributed by atoms with E-state index in [4.69, 9.17) is 10.5 Å². The fraction of sp³-hybridized carbons (Fsp3) is 0.533. The lowest BCUT2D eigenvalue weighted by atomic mass is 9.97. The van der Waals surface area contributed by atoms with Crippen molar-refractivity contribution in [1.82, 2.24) is 5.32 Å². The number of hydrogen-bond donors (Lipinski definition) is 2. The molecule has 0 aromatic heterocycles. The van der Waals surface area contributed by atoms with Crippen molar-refractivity contribution in [2.45, 2.75) is 45.1 Å². The standard InChI is InChI=1S/C15H22N2O2/c1-2-17-15(18)13-9-8-11(16)10-14(13)19-12-6-4-3-5-7-12/h8-10,12H,2-7,16H2,1H3,(H,17,18). The van der Waals surface area contributed by atoms with Gasteiger partial charge in [-0.15, -0.1) is 0 Å². The summed E-state index contributed by atoms with van der Waals surface area (Å²) in [7, 11) is 0. The average Bonchev–Trinajstić information content (AvgIpc) is 2.40. The minimum absolute atomic E-state index is 0.103. The Morgan fingerprint density at radius 2 is 2.11 bits per heavy atom. The van der Waals surface area contributed by atoms with Gasteiger partial charge in [-0.05, 0) is 44.7 Å². The summed E-state index contributed by atoms with van der Waals surface area (Å²) in [5, 5.41) is 2.80. The second-order valence-electron chi connectivity index (χ2n) is 4.99.